The lowest BCUT2D eigenvalue weighted by Crippen LogP contribution is -2.15. The molecule has 0 aliphatic rings. The maximum atomic E-state index is 12.2. The highest BCUT2D eigenvalue weighted by Gasteiger charge is 2.17. The van der Waals surface area contributed by atoms with Gasteiger partial charge in [0.05, 0.1) is 16.4 Å². The molecule has 0 saturated carbocycles. The van der Waals surface area contributed by atoms with Gasteiger partial charge in [0.25, 0.3) is 10.0 Å². The van der Waals surface area contributed by atoms with Crippen molar-refractivity contribution >= 4 is 33.1 Å². The standard InChI is InChI=1S/C12H13ClN4O2S/c1-7-3-4-11(8(2)16-7)17-20(18,19)9-5-10(13)12(14)15-6-9/h3-6,17H,1-2H3,(H2,14,15). The van der Waals surface area contributed by atoms with Crippen molar-refractivity contribution in [2.24, 2.45) is 0 Å². The maximum Gasteiger partial charge on any atom is 0.263 e. The van der Waals surface area contributed by atoms with Crippen molar-refractivity contribution in [3.8, 4) is 0 Å². The molecule has 0 radical (unpaired) electrons. The number of nitrogens with two attached hydrogens (primary N) is 1. The monoisotopic (exact) mass is 312 g/mol. The molecular formula is C12H13ClN4O2S. The zero-order valence-electron chi connectivity index (χ0n) is 10.9. The Balaban J connectivity index is 2.38. The second-order valence-corrected chi connectivity index (χ2v) is 6.32. The Morgan fingerprint density at radius 1 is 1.30 bits per heavy atom. The first-order valence-electron chi connectivity index (χ1n) is 5.67. The van der Waals surface area contributed by atoms with E-state index in [2.05, 4.69) is 14.7 Å². The van der Waals surface area contributed by atoms with E-state index >= 15 is 0 Å². The number of aryl methyl sites for hydroxylation is 2. The molecule has 0 saturated heterocycles. The van der Waals surface area contributed by atoms with Gasteiger partial charge in [0, 0.05) is 11.9 Å². The fourth-order valence-electron chi connectivity index (χ4n) is 1.58. The number of pyridine rings is 2. The second kappa shape index (κ2) is 5.26. The molecule has 106 valence electrons. The summed E-state index contributed by atoms with van der Waals surface area (Å²) in [5.41, 5.74) is 7.26. The number of nitrogens with one attached hydrogen (secondary N) is 1. The van der Waals surface area contributed by atoms with Gasteiger partial charge in [-0.25, -0.2) is 13.4 Å². The minimum absolute atomic E-state index is 0.0586. The minimum Gasteiger partial charge on any atom is -0.382 e. The number of rotatable bonds is 3. The molecule has 0 aromatic carbocycles. The van der Waals surface area contributed by atoms with E-state index < -0.39 is 10.0 Å². The zero-order chi connectivity index (χ0) is 14.9. The van der Waals surface area contributed by atoms with Crippen molar-refractivity contribution in [3.05, 3.63) is 40.8 Å². The predicted octanol–water partition coefficient (Wildman–Crippen LogP) is 2.13. The molecule has 0 fully saturated rings. The van der Waals surface area contributed by atoms with E-state index in [4.69, 9.17) is 17.3 Å². The first-order chi connectivity index (χ1) is 9.29. The van der Waals surface area contributed by atoms with E-state index in [1.807, 2.05) is 6.92 Å². The van der Waals surface area contributed by atoms with Crippen LogP contribution in [0.15, 0.2) is 29.3 Å². The third-order valence-corrected chi connectivity index (χ3v) is 4.26. The summed E-state index contributed by atoms with van der Waals surface area (Å²) in [5.74, 6) is 0.0822. The summed E-state index contributed by atoms with van der Waals surface area (Å²) in [5, 5.41) is 0.0895. The van der Waals surface area contributed by atoms with Crippen LogP contribution in [0.2, 0.25) is 5.02 Å². The molecule has 2 aromatic heterocycles. The molecule has 20 heavy (non-hydrogen) atoms. The summed E-state index contributed by atoms with van der Waals surface area (Å²) in [4.78, 5) is 7.87. The largest absolute Gasteiger partial charge is 0.382 e. The molecule has 0 bridgehead atoms. The van der Waals surface area contributed by atoms with Crippen LogP contribution in [0.5, 0.6) is 0 Å². The normalized spacial score (nSPS) is 11.3. The summed E-state index contributed by atoms with van der Waals surface area (Å²) in [6.45, 7) is 3.55. The number of aromatic nitrogens is 2. The van der Waals surface area contributed by atoms with Crippen LogP contribution in [0.1, 0.15) is 11.4 Å². The van der Waals surface area contributed by atoms with Crippen LogP contribution >= 0.6 is 11.6 Å². The van der Waals surface area contributed by atoms with Crippen molar-refractivity contribution in [1.29, 1.82) is 0 Å². The average molecular weight is 313 g/mol. The lowest BCUT2D eigenvalue weighted by atomic mass is 10.3. The summed E-state index contributed by atoms with van der Waals surface area (Å²) < 4.78 is 26.9. The Labute approximate surface area is 122 Å². The van der Waals surface area contributed by atoms with Crippen LogP contribution in [-0.4, -0.2) is 18.4 Å². The minimum atomic E-state index is -3.78. The second-order valence-electron chi connectivity index (χ2n) is 4.23. The molecule has 0 aliphatic carbocycles. The molecule has 2 rings (SSSR count). The Morgan fingerprint density at radius 2 is 2.00 bits per heavy atom. The molecule has 0 atom stereocenters. The molecule has 0 aliphatic heterocycles. The van der Waals surface area contributed by atoms with Gasteiger partial charge in [0.2, 0.25) is 0 Å². The van der Waals surface area contributed by atoms with Crippen LogP contribution in [0.3, 0.4) is 0 Å². The summed E-state index contributed by atoms with van der Waals surface area (Å²) >= 11 is 5.78. The van der Waals surface area contributed by atoms with Crippen LogP contribution in [0.25, 0.3) is 0 Å². The topological polar surface area (TPSA) is 98.0 Å². The van der Waals surface area contributed by atoms with Crippen LogP contribution in [0, 0.1) is 13.8 Å². The van der Waals surface area contributed by atoms with Gasteiger partial charge in [-0.05, 0) is 32.0 Å². The van der Waals surface area contributed by atoms with Crippen molar-refractivity contribution < 1.29 is 8.42 Å². The van der Waals surface area contributed by atoms with Gasteiger partial charge in [0.15, 0.2) is 0 Å². The lowest BCUT2D eigenvalue weighted by molar-refractivity contribution is 0.601. The van der Waals surface area contributed by atoms with Gasteiger partial charge in [0.1, 0.15) is 10.7 Å². The number of halogens is 1. The van der Waals surface area contributed by atoms with E-state index in [-0.39, 0.29) is 15.7 Å². The third-order valence-electron chi connectivity index (χ3n) is 2.62. The highest BCUT2D eigenvalue weighted by atomic mass is 35.5. The van der Waals surface area contributed by atoms with Crippen molar-refractivity contribution in [1.82, 2.24) is 9.97 Å². The predicted molar refractivity (Wildman–Crippen MR) is 78.2 cm³/mol. The fraction of sp³-hybridized carbons (Fsp3) is 0.167. The Bertz CT molecular complexity index is 762. The molecular weight excluding hydrogens is 300 g/mol. The van der Waals surface area contributed by atoms with Crippen LogP contribution < -0.4 is 10.5 Å². The number of nitrogen functional groups attached to an aromatic ring is 1. The van der Waals surface area contributed by atoms with Crippen molar-refractivity contribution in [3.63, 3.8) is 0 Å². The molecule has 0 amide bonds. The van der Waals surface area contributed by atoms with Gasteiger partial charge >= 0.3 is 0 Å². The average Bonchev–Trinajstić information content (AvgIpc) is 2.36. The summed E-state index contributed by atoms with van der Waals surface area (Å²) in [6, 6.07) is 4.63. The molecule has 3 N–H and O–H groups in total. The number of hydrogen-bond donors (Lipinski definition) is 2. The molecule has 8 heteroatoms. The number of anilines is 2. The molecule has 2 aromatic rings. The van der Waals surface area contributed by atoms with Gasteiger partial charge in [-0.15, -0.1) is 0 Å². The molecule has 2 heterocycles. The highest BCUT2D eigenvalue weighted by Crippen LogP contribution is 2.23. The number of nitrogens with zero attached hydrogens (tertiary/aromatic N) is 2. The summed E-state index contributed by atoms with van der Waals surface area (Å²) in [7, 11) is -3.78. The Hall–Kier alpha value is -1.86. The fourth-order valence-corrected chi connectivity index (χ4v) is 2.89. The number of sulfonamides is 1. The van der Waals surface area contributed by atoms with Crippen molar-refractivity contribution in [2.75, 3.05) is 10.5 Å². The van der Waals surface area contributed by atoms with Gasteiger partial charge in [-0.3, -0.25) is 9.71 Å². The SMILES string of the molecule is Cc1ccc(NS(=O)(=O)c2cnc(N)c(Cl)c2)c(C)n1. The third kappa shape index (κ3) is 3.00. The molecule has 0 unspecified atom stereocenters. The van der Waals surface area contributed by atoms with Gasteiger partial charge < -0.3 is 5.73 Å². The van der Waals surface area contributed by atoms with E-state index in [0.29, 0.717) is 11.4 Å². The van der Waals surface area contributed by atoms with Crippen LogP contribution in [0.4, 0.5) is 11.5 Å². The zero-order valence-corrected chi connectivity index (χ0v) is 12.5. The van der Waals surface area contributed by atoms with E-state index in [1.165, 1.54) is 6.07 Å². The van der Waals surface area contributed by atoms with E-state index in [0.717, 1.165) is 11.9 Å². The first kappa shape index (κ1) is 14.5. The molecule has 6 nitrogen and oxygen atoms in total. The van der Waals surface area contributed by atoms with E-state index in [1.54, 1.807) is 19.1 Å². The maximum absolute atomic E-state index is 12.2. The summed E-state index contributed by atoms with van der Waals surface area (Å²) in [6.07, 6.45) is 1.15. The Morgan fingerprint density at radius 3 is 2.60 bits per heavy atom. The smallest absolute Gasteiger partial charge is 0.263 e. The van der Waals surface area contributed by atoms with Crippen LogP contribution in [-0.2, 0) is 10.0 Å². The lowest BCUT2D eigenvalue weighted by Gasteiger charge is -2.10. The van der Waals surface area contributed by atoms with Gasteiger partial charge in [-0.1, -0.05) is 11.6 Å². The van der Waals surface area contributed by atoms with E-state index in [9.17, 15) is 8.42 Å². The molecule has 0 spiro atoms. The van der Waals surface area contributed by atoms with Gasteiger partial charge in [-0.2, -0.15) is 0 Å². The van der Waals surface area contributed by atoms with Crippen molar-refractivity contribution in [2.45, 2.75) is 18.7 Å². The number of hydrogen-bond acceptors (Lipinski definition) is 5. The Kier molecular flexibility index (Phi) is 3.82. The first-order valence-corrected chi connectivity index (χ1v) is 7.54. The quantitative estimate of drug-likeness (QED) is 0.904. The highest BCUT2D eigenvalue weighted by molar-refractivity contribution is 7.92.